The van der Waals surface area contributed by atoms with Crippen molar-refractivity contribution in [3.8, 4) is 0 Å². The van der Waals surface area contributed by atoms with Crippen molar-refractivity contribution in [2.24, 2.45) is 7.05 Å². The second-order valence-corrected chi connectivity index (χ2v) is 5.85. The van der Waals surface area contributed by atoms with Crippen LogP contribution in [0.5, 0.6) is 0 Å². The molecule has 7 nitrogen and oxygen atoms in total. The van der Waals surface area contributed by atoms with E-state index in [2.05, 4.69) is 20.6 Å². The lowest BCUT2D eigenvalue weighted by Gasteiger charge is -2.10. The van der Waals surface area contributed by atoms with E-state index in [4.69, 9.17) is 16.1 Å². The Morgan fingerprint density at radius 3 is 2.70 bits per heavy atom. The number of aryl methyl sites for hydroxylation is 1. The molecule has 0 saturated heterocycles. The van der Waals surface area contributed by atoms with E-state index in [0.29, 0.717) is 16.7 Å². The molecule has 1 amide bonds. The first-order valence-electron chi connectivity index (χ1n) is 6.08. The lowest BCUT2D eigenvalue weighted by molar-refractivity contribution is 0.0940. The van der Waals surface area contributed by atoms with E-state index in [1.807, 2.05) is 20.8 Å². The maximum atomic E-state index is 11.9. The van der Waals surface area contributed by atoms with Crippen LogP contribution in [0.1, 0.15) is 43.0 Å². The van der Waals surface area contributed by atoms with Crippen molar-refractivity contribution in [2.75, 3.05) is 0 Å². The second-order valence-electron chi connectivity index (χ2n) is 5.44. The standard InChI is InChI=1S/C12H16ClN5O2/c1-12(2,3)11-15-8(20-17-11)5-14-10(19)9-7(13)6-18(4)16-9/h6H,5H2,1-4H3,(H,14,19). The summed E-state index contributed by atoms with van der Waals surface area (Å²) in [6, 6.07) is 0. The van der Waals surface area contributed by atoms with Crippen LogP contribution in [0.2, 0.25) is 5.02 Å². The van der Waals surface area contributed by atoms with Gasteiger partial charge in [0.05, 0.1) is 11.6 Å². The summed E-state index contributed by atoms with van der Waals surface area (Å²) in [6.07, 6.45) is 1.56. The first-order chi connectivity index (χ1) is 9.27. The topological polar surface area (TPSA) is 85.8 Å². The van der Waals surface area contributed by atoms with Crippen LogP contribution >= 0.6 is 11.6 Å². The molecule has 2 aromatic heterocycles. The average molecular weight is 298 g/mol. The van der Waals surface area contributed by atoms with Crippen LogP contribution in [0.3, 0.4) is 0 Å². The van der Waals surface area contributed by atoms with Crippen LogP contribution in [0.4, 0.5) is 0 Å². The van der Waals surface area contributed by atoms with Crippen LogP contribution in [0.15, 0.2) is 10.7 Å². The van der Waals surface area contributed by atoms with Gasteiger partial charge in [-0.3, -0.25) is 9.48 Å². The summed E-state index contributed by atoms with van der Waals surface area (Å²) in [4.78, 5) is 16.1. The molecule has 0 aliphatic rings. The molecule has 1 N–H and O–H groups in total. The minimum atomic E-state index is -0.383. The number of hydrogen-bond acceptors (Lipinski definition) is 5. The van der Waals surface area contributed by atoms with E-state index in [-0.39, 0.29) is 23.6 Å². The zero-order valence-electron chi connectivity index (χ0n) is 11.8. The van der Waals surface area contributed by atoms with Crippen LogP contribution in [-0.4, -0.2) is 25.8 Å². The third-order valence-corrected chi connectivity index (χ3v) is 2.81. The summed E-state index contributed by atoms with van der Waals surface area (Å²) in [6.45, 7) is 6.07. The number of nitrogens with one attached hydrogen (secondary N) is 1. The Morgan fingerprint density at radius 2 is 2.20 bits per heavy atom. The highest BCUT2D eigenvalue weighted by atomic mass is 35.5. The molecule has 108 valence electrons. The fourth-order valence-electron chi connectivity index (χ4n) is 1.48. The summed E-state index contributed by atoms with van der Waals surface area (Å²) in [5.41, 5.74) is -0.0273. The molecule has 0 fully saturated rings. The smallest absolute Gasteiger partial charge is 0.273 e. The number of rotatable bonds is 3. The molecule has 0 aliphatic heterocycles. The van der Waals surface area contributed by atoms with Crippen molar-refractivity contribution in [1.29, 1.82) is 0 Å². The lowest BCUT2D eigenvalue weighted by atomic mass is 9.96. The third-order valence-electron chi connectivity index (χ3n) is 2.54. The van der Waals surface area contributed by atoms with E-state index >= 15 is 0 Å². The Kier molecular flexibility index (Phi) is 3.80. The van der Waals surface area contributed by atoms with Crippen molar-refractivity contribution < 1.29 is 9.32 Å². The van der Waals surface area contributed by atoms with Gasteiger partial charge in [0.2, 0.25) is 5.89 Å². The zero-order chi connectivity index (χ0) is 14.9. The Hall–Kier alpha value is -1.89. The molecule has 2 rings (SSSR count). The summed E-state index contributed by atoms with van der Waals surface area (Å²) >= 11 is 5.89. The number of amides is 1. The van der Waals surface area contributed by atoms with Crippen molar-refractivity contribution >= 4 is 17.5 Å². The largest absolute Gasteiger partial charge is 0.342 e. The highest BCUT2D eigenvalue weighted by Gasteiger charge is 2.21. The molecule has 0 saturated carbocycles. The van der Waals surface area contributed by atoms with Crippen molar-refractivity contribution in [2.45, 2.75) is 32.7 Å². The Morgan fingerprint density at radius 1 is 1.50 bits per heavy atom. The van der Waals surface area contributed by atoms with E-state index < -0.39 is 0 Å². The zero-order valence-corrected chi connectivity index (χ0v) is 12.5. The van der Waals surface area contributed by atoms with Gasteiger partial charge in [0.1, 0.15) is 0 Å². The van der Waals surface area contributed by atoms with Gasteiger partial charge >= 0.3 is 0 Å². The van der Waals surface area contributed by atoms with Gasteiger partial charge in [-0.1, -0.05) is 37.5 Å². The Balaban J connectivity index is 2.00. The highest BCUT2D eigenvalue weighted by molar-refractivity contribution is 6.33. The quantitative estimate of drug-likeness (QED) is 0.931. The number of halogens is 1. The minimum absolute atomic E-state index is 0.134. The fraction of sp³-hybridized carbons (Fsp3) is 0.500. The predicted octanol–water partition coefficient (Wildman–Crippen LogP) is 1.68. The van der Waals surface area contributed by atoms with E-state index in [1.165, 1.54) is 4.68 Å². The molecule has 0 spiro atoms. The molecule has 2 heterocycles. The monoisotopic (exact) mass is 297 g/mol. The number of hydrogen-bond donors (Lipinski definition) is 1. The number of carbonyl (C=O) groups is 1. The molecule has 8 heteroatoms. The molecule has 0 radical (unpaired) electrons. The van der Waals surface area contributed by atoms with Gasteiger partial charge in [0, 0.05) is 18.7 Å². The number of nitrogens with zero attached hydrogens (tertiary/aromatic N) is 4. The molecular formula is C12H16ClN5O2. The first kappa shape index (κ1) is 14.5. The molecule has 0 aliphatic carbocycles. The maximum absolute atomic E-state index is 11.9. The van der Waals surface area contributed by atoms with Crippen molar-refractivity contribution in [3.63, 3.8) is 0 Å². The van der Waals surface area contributed by atoms with Gasteiger partial charge in [0.25, 0.3) is 5.91 Å². The predicted molar refractivity (Wildman–Crippen MR) is 72.4 cm³/mol. The molecule has 20 heavy (non-hydrogen) atoms. The van der Waals surface area contributed by atoms with Crippen LogP contribution in [0, 0.1) is 0 Å². The maximum Gasteiger partial charge on any atom is 0.273 e. The highest BCUT2D eigenvalue weighted by Crippen LogP contribution is 2.18. The summed E-state index contributed by atoms with van der Waals surface area (Å²) < 4.78 is 6.55. The van der Waals surface area contributed by atoms with E-state index in [9.17, 15) is 4.79 Å². The molecule has 0 atom stereocenters. The number of carbonyl (C=O) groups excluding carboxylic acids is 1. The molecular weight excluding hydrogens is 282 g/mol. The number of aromatic nitrogens is 4. The van der Waals surface area contributed by atoms with Gasteiger partial charge in [-0.2, -0.15) is 10.1 Å². The third kappa shape index (κ3) is 3.16. The SMILES string of the molecule is Cn1cc(Cl)c(C(=O)NCc2nc(C(C)(C)C)no2)n1. The molecule has 0 unspecified atom stereocenters. The fourth-order valence-corrected chi connectivity index (χ4v) is 1.75. The Labute approximate surface area is 121 Å². The van der Waals surface area contributed by atoms with E-state index in [0.717, 1.165) is 0 Å². The van der Waals surface area contributed by atoms with Gasteiger partial charge in [-0.25, -0.2) is 0 Å². The van der Waals surface area contributed by atoms with Crippen LogP contribution < -0.4 is 5.32 Å². The van der Waals surface area contributed by atoms with Gasteiger partial charge in [-0.15, -0.1) is 0 Å². The lowest BCUT2D eigenvalue weighted by Crippen LogP contribution is -2.24. The van der Waals surface area contributed by atoms with Gasteiger partial charge < -0.3 is 9.84 Å². The molecule has 0 bridgehead atoms. The van der Waals surface area contributed by atoms with Gasteiger partial charge in [-0.05, 0) is 0 Å². The molecule has 0 aromatic carbocycles. The van der Waals surface area contributed by atoms with Crippen molar-refractivity contribution in [3.05, 3.63) is 28.6 Å². The Bertz CT molecular complexity index is 626. The van der Waals surface area contributed by atoms with Crippen LogP contribution in [0.25, 0.3) is 0 Å². The summed E-state index contributed by atoms with van der Waals surface area (Å²) in [5, 5.41) is 10.8. The van der Waals surface area contributed by atoms with E-state index in [1.54, 1.807) is 13.2 Å². The summed E-state index contributed by atoms with van der Waals surface area (Å²) in [7, 11) is 1.69. The minimum Gasteiger partial charge on any atom is -0.342 e. The van der Waals surface area contributed by atoms with Gasteiger partial charge in [0.15, 0.2) is 11.5 Å². The second kappa shape index (κ2) is 5.24. The molecule has 2 aromatic rings. The normalized spacial score (nSPS) is 11.7. The average Bonchev–Trinajstić information content (AvgIpc) is 2.92. The summed E-state index contributed by atoms with van der Waals surface area (Å²) in [5.74, 6) is 0.555. The van der Waals surface area contributed by atoms with Crippen LogP contribution in [-0.2, 0) is 19.0 Å². The van der Waals surface area contributed by atoms with Crippen molar-refractivity contribution in [1.82, 2.24) is 25.2 Å². The first-order valence-corrected chi connectivity index (χ1v) is 6.45.